The standard InChI is InChI=1S/C13H24N2O2/c1-4-6-10(3)8-15-9-12(16)14-11(7-5-2)13(15)17/h10-11H,4-9H2,1-3H3,(H,14,16). The van der Waals surface area contributed by atoms with Gasteiger partial charge in [0, 0.05) is 6.54 Å². The largest absolute Gasteiger partial charge is 0.343 e. The van der Waals surface area contributed by atoms with E-state index >= 15 is 0 Å². The van der Waals surface area contributed by atoms with Crippen LogP contribution in [0.3, 0.4) is 0 Å². The van der Waals surface area contributed by atoms with Crippen LogP contribution in [0.25, 0.3) is 0 Å². The quantitative estimate of drug-likeness (QED) is 0.766. The zero-order chi connectivity index (χ0) is 12.8. The molecule has 0 radical (unpaired) electrons. The highest BCUT2D eigenvalue weighted by Gasteiger charge is 2.32. The Kier molecular flexibility index (Phi) is 5.45. The van der Waals surface area contributed by atoms with E-state index in [1.54, 1.807) is 4.90 Å². The lowest BCUT2D eigenvalue weighted by Crippen LogP contribution is -2.58. The zero-order valence-corrected chi connectivity index (χ0v) is 11.2. The summed E-state index contributed by atoms with van der Waals surface area (Å²) in [6.07, 6.45) is 3.87. The zero-order valence-electron chi connectivity index (χ0n) is 11.2. The number of carbonyl (C=O) groups is 2. The molecule has 0 aromatic carbocycles. The second-order valence-electron chi connectivity index (χ2n) is 5.02. The first-order valence-corrected chi connectivity index (χ1v) is 6.66. The van der Waals surface area contributed by atoms with Gasteiger partial charge in [0.2, 0.25) is 11.8 Å². The minimum absolute atomic E-state index is 0.0215. The first kappa shape index (κ1) is 14.0. The number of nitrogens with zero attached hydrogens (tertiary/aromatic N) is 1. The van der Waals surface area contributed by atoms with Gasteiger partial charge in [0.1, 0.15) is 6.04 Å². The van der Waals surface area contributed by atoms with Crippen molar-refractivity contribution in [2.45, 2.75) is 52.5 Å². The van der Waals surface area contributed by atoms with Crippen LogP contribution >= 0.6 is 0 Å². The Morgan fingerprint density at radius 1 is 1.35 bits per heavy atom. The summed E-state index contributed by atoms with van der Waals surface area (Å²) >= 11 is 0. The number of hydrogen-bond donors (Lipinski definition) is 1. The fourth-order valence-electron chi connectivity index (χ4n) is 2.37. The first-order chi connectivity index (χ1) is 8.08. The SMILES string of the molecule is CCCC(C)CN1CC(=O)NC(CCC)C1=O. The van der Waals surface area contributed by atoms with Crippen molar-refractivity contribution in [2.75, 3.05) is 13.1 Å². The van der Waals surface area contributed by atoms with Crippen molar-refractivity contribution in [3.8, 4) is 0 Å². The van der Waals surface area contributed by atoms with Crippen LogP contribution in [0.2, 0.25) is 0 Å². The molecule has 17 heavy (non-hydrogen) atoms. The third-order valence-electron chi connectivity index (χ3n) is 3.17. The summed E-state index contributed by atoms with van der Waals surface area (Å²) < 4.78 is 0. The molecule has 2 atom stereocenters. The van der Waals surface area contributed by atoms with Gasteiger partial charge in [-0.25, -0.2) is 0 Å². The summed E-state index contributed by atoms with van der Waals surface area (Å²) in [7, 11) is 0. The monoisotopic (exact) mass is 240 g/mol. The predicted octanol–water partition coefficient (Wildman–Crippen LogP) is 1.55. The number of hydrogen-bond acceptors (Lipinski definition) is 2. The van der Waals surface area contributed by atoms with Gasteiger partial charge in [-0.1, -0.05) is 33.6 Å². The van der Waals surface area contributed by atoms with E-state index in [1.807, 2.05) is 6.92 Å². The molecule has 0 aromatic heterocycles. The minimum Gasteiger partial charge on any atom is -0.343 e. The molecule has 0 bridgehead atoms. The van der Waals surface area contributed by atoms with Crippen LogP contribution in [0.5, 0.6) is 0 Å². The molecular formula is C13H24N2O2. The molecule has 1 rings (SSSR count). The lowest BCUT2D eigenvalue weighted by atomic mass is 10.0. The summed E-state index contributed by atoms with van der Waals surface area (Å²) in [5, 5.41) is 2.77. The highest BCUT2D eigenvalue weighted by Crippen LogP contribution is 2.13. The summed E-state index contributed by atoms with van der Waals surface area (Å²) in [5.74, 6) is 0.540. The smallest absolute Gasteiger partial charge is 0.245 e. The molecular weight excluding hydrogens is 216 g/mol. The van der Waals surface area contributed by atoms with Gasteiger partial charge in [-0.05, 0) is 18.8 Å². The van der Waals surface area contributed by atoms with Crippen molar-refractivity contribution in [2.24, 2.45) is 5.92 Å². The second-order valence-corrected chi connectivity index (χ2v) is 5.02. The Balaban J connectivity index is 2.57. The Labute approximate surface area is 104 Å². The van der Waals surface area contributed by atoms with E-state index in [-0.39, 0.29) is 24.4 Å². The lowest BCUT2D eigenvalue weighted by Gasteiger charge is -2.34. The van der Waals surface area contributed by atoms with Crippen molar-refractivity contribution in [3.05, 3.63) is 0 Å². The third-order valence-corrected chi connectivity index (χ3v) is 3.17. The summed E-state index contributed by atoms with van der Waals surface area (Å²) in [4.78, 5) is 25.4. The topological polar surface area (TPSA) is 49.4 Å². The van der Waals surface area contributed by atoms with Crippen LogP contribution in [-0.4, -0.2) is 35.8 Å². The van der Waals surface area contributed by atoms with Gasteiger partial charge in [-0.2, -0.15) is 0 Å². The number of amides is 2. The Bertz CT molecular complexity index is 279. The summed E-state index contributed by atoms with van der Waals surface area (Å²) in [5.41, 5.74) is 0. The van der Waals surface area contributed by atoms with Crippen molar-refractivity contribution >= 4 is 11.8 Å². The molecule has 0 saturated carbocycles. The van der Waals surface area contributed by atoms with Gasteiger partial charge in [0.25, 0.3) is 0 Å². The van der Waals surface area contributed by atoms with Crippen LogP contribution in [0, 0.1) is 5.92 Å². The molecule has 2 unspecified atom stereocenters. The van der Waals surface area contributed by atoms with Crippen molar-refractivity contribution in [3.63, 3.8) is 0 Å². The third kappa shape index (κ3) is 4.02. The average molecular weight is 240 g/mol. The fourth-order valence-corrected chi connectivity index (χ4v) is 2.37. The van der Waals surface area contributed by atoms with Gasteiger partial charge in [-0.15, -0.1) is 0 Å². The van der Waals surface area contributed by atoms with E-state index in [4.69, 9.17) is 0 Å². The van der Waals surface area contributed by atoms with Crippen molar-refractivity contribution in [1.29, 1.82) is 0 Å². The molecule has 1 aliphatic rings. The molecule has 0 aromatic rings. The molecule has 1 aliphatic heterocycles. The van der Waals surface area contributed by atoms with E-state index in [2.05, 4.69) is 19.2 Å². The molecule has 0 aliphatic carbocycles. The lowest BCUT2D eigenvalue weighted by molar-refractivity contribution is -0.145. The second kappa shape index (κ2) is 6.62. The molecule has 1 heterocycles. The van der Waals surface area contributed by atoms with Crippen LogP contribution in [0.1, 0.15) is 46.5 Å². The van der Waals surface area contributed by atoms with E-state index < -0.39 is 0 Å². The number of nitrogens with one attached hydrogen (secondary N) is 1. The molecule has 1 fully saturated rings. The predicted molar refractivity (Wildman–Crippen MR) is 67.5 cm³/mol. The van der Waals surface area contributed by atoms with Crippen molar-refractivity contribution in [1.82, 2.24) is 10.2 Å². The normalized spacial score (nSPS) is 22.5. The van der Waals surface area contributed by atoms with Gasteiger partial charge in [-0.3, -0.25) is 9.59 Å². The highest BCUT2D eigenvalue weighted by atomic mass is 16.2. The molecule has 1 N–H and O–H groups in total. The van der Waals surface area contributed by atoms with E-state index in [1.165, 1.54) is 0 Å². The number of carbonyl (C=O) groups excluding carboxylic acids is 2. The van der Waals surface area contributed by atoms with Crippen LogP contribution in [-0.2, 0) is 9.59 Å². The average Bonchev–Trinajstić information content (AvgIpc) is 2.25. The van der Waals surface area contributed by atoms with Gasteiger partial charge in [0.15, 0.2) is 0 Å². The highest BCUT2D eigenvalue weighted by molar-refractivity contribution is 5.94. The van der Waals surface area contributed by atoms with Crippen LogP contribution < -0.4 is 5.32 Å². The minimum atomic E-state index is -0.296. The van der Waals surface area contributed by atoms with Crippen LogP contribution in [0.15, 0.2) is 0 Å². The van der Waals surface area contributed by atoms with E-state index in [0.29, 0.717) is 12.5 Å². The molecule has 98 valence electrons. The number of rotatable bonds is 6. The Morgan fingerprint density at radius 2 is 2.06 bits per heavy atom. The maximum atomic E-state index is 12.1. The Morgan fingerprint density at radius 3 is 2.65 bits per heavy atom. The summed E-state index contributed by atoms with van der Waals surface area (Å²) in [6.45, 7) is 7.24. The maximum Gasteiger partial charge on any atom is 0.245 e. The first-order valence-electron chi connectivity index (χ1n) is 6.66. The molecule has 4 heteroatoms. The molecule has 0 spiro atoms. The van der Waals surface area contributed by atoms with E-state index in [0.717, 1.165) is 25.7 Å². The van der Waals surface area contributed by atoms with Crippen molar-refractivity contribution < 1.29 is 9.59 Å². The maximum absolute atomic E-state index is 12.1. The van der Waals surface area contributed by atoms with Crippen LogP contribution in [0.4, 0.5) is 0 Å². The molecule has 1 saturated heterocycles. The molecule has 4 nitrogen and oxygen atoms in total. The number of piperazine rings is 1. The van der Waals surface area contributed by atoms with E-state index in [9.17, 15) is 9.59 Å². The summed E-state index contributed by atoms with van der Waals surface area (Å²) in [6, 6.07) is -0.296. The van der Waals surface area contributed by atoms with Gasteiger partial charge < -0.3 is 10.2 Å². The fraction of sp³-hybridized carbons (Fsp3) is 0.846. The van der Waals surface area contributed by atoms with Gasteiger partial charge >= 0.3 is 0 Å². The molecule has 2 amide bonds. The Hall–Kier alpha value is -1.06. The van der Waals surface area contributed by atoms with Gasteiger partial charge in [0.05, 0.1) is 6.54 Å².